The average Bonchev–Trinajstić information content (AvgIpc) is 2.09. The minimum atomic E-state index is 0.736. The van der Waals surface area contributed by atoms with Crippen LogP contribution in [0.25, 0.3) is 0 Å². The van der Waals surface area contributed by atoms with Gasteiger partial charge in [0.2, 0.25) is 0 Å². The fourth-order valence-electron chi connectivity index (χ4n) is 1.29. The first kappa shape index (κ1) is 12.2. The van der Waals surface area contributed by atoms with Crippen LogP contribution in [0.15, 0.2) is 35.5 Å². The van der Waals surface area contributed by atoms with Crippen molar-refractivity contribution in [2.45, 2.75) is 41.0 Å². The molecule has 0 aromatic rings. The van der Waals surface area contributed by atoms with Crippen LogP contribution in [0.3, 0.4) is 0 Å². The van der Waals surface area contributed by atoms with Gasteiger partial charge in [0.1, 0.15) is 0 Å². The number of hydrogen-bond donors (Lipinski definition) is 0. The van der Waals surface area contributed by atoms with Gasteiger partial charge in [-0.25, -0.2) is 0 Å². The van der Waals surface area contributed by atoms with E-state index in [0.717, 1.165) is 5.92 Å². The molecule has 0 rings (SSSR count). The van der Waals surface area contributed by atoms with E-state index in [9.17, 15) is 0 Å². The van der Waals surface area contributed by atoms with E-state index in [-0.39, 0.29) is 0 Å². The maximum absolute atomic E-state index is 2.26. The predicted octanol–water partition coefficient (Wildman–Crippen LogP) is 4.50. The Hall–Kier alpha value is -0.780. The summed E-state index contributed by atoms with van der Waals surface area (Å²) in [5.41, 5.74) is 2.85. The van der Waals surface area contributed by atoms with Crippen molar-refractivity contribution in [3.8, 4) is 0 Å². The van der Waals surface area contributed by atoms with Gasteiger partial charge in [-0.15, -0.1) is 0 Å². The third-order valence-corrected chi connectivity index (χ3v) is 2.02. The molecule has 0 heterocycles. The Labute approximate surface area is 83.0 Å². The van der Waals surface area contributed by atoms with Gasteiger partial charge < -0.3 is 0 Å². The van der Waals surface area contributed by atoms with Crippen LogP contribution >= 0.6 is 0 Å². The highest BCUT2D eigenvalue weighted by Crippen LogP contribution is 2.18. The van der Waals surface area contributed by atoms with Gasteiger partial charge in [-0.3, -0.25) is 0 Å². The summed E-state index contributed by atoms with van der Waals surface area (Å²) in [6.45, 7) is 10.9. The Morgan fingerprint density at radius 3 is 2.23 bits per heavy atom. The average molecular weight is 178 g/mol. The Balaban J connectivity index is 4.42. The van der Waals surface area contributed by atoms with E-state index in [1.54, 1.807) is 0 Å². The van der Waals surface area contributed by atoms with E-state index in [1.165, 1.54) is 17.6 Å². The molecule has 0 amide bonds. The number of allylic oxidation sites excluding steroid dienone is 6. The first-order valence-corrected chi connectivity index (χ1v) is 5.07. The van der Waals surface area contributed by atoms with Crippen molar-refractivity contribution < 1.29 is 0 Å². The molecule has 0 atom stereocenters. The van der Waals surface area contributed by atoms with Gasteiger partial charge in [0.05, 0.1) is 0 Å². The van der Waals surface area contributed by atoms with Crippen LogP contribution in [-0.4, -0.2) is 0 Å². The molecule has 0 saturated heterocycles. The van der Waals surface area contributed by atoms with Gasteiger partial charge in [-0.1, -0.05) is 38.2 Å². The maximum atomic E-state index is 2.26. The SMILES string of the molecule is CC=CC=C(C)C(=CC)CC(C)C. The topological polar surface area (TPSA) is 0 Å². The van der Waals surface area contributed by atoms with E-state index >= 15 is 0 Å². The molecule has 0 aromatic heterocycles. The lowest BCUT2D eigenvalue weighted by molar-refractivity contribution is 0.645. The monoisotopic (exact) mass is 178 g/mol. The van der Waals surface area contributed by atoms with Crippen LogP contribution < -0.4 is 0 Å². The highest BCUT2D eigenvalue weighted by Gasteiger charge is 2.01. The van der Waals surface area contributed by atoms with Gasteiger partial charge in [-0.05, 0) is 44.3 Å². The highest BCUT2D eigenvalue weighted by molar-refractivity contribution is 5.31. The first-order chi connectivity index (χ1) is 6.11. The molecule has 0 nitrogen and oxygen atoms in total. The first-order valence-electron chi connectivity index (χ1n) is 5.07. The summed E-state index contributed by atoms with van der Waals surface area (Å²) in [4.78, 5) is 0. The molecule has 0 bridgehead atoms. The van der Waals surface area contributed by atoms with E-state index < -0.39 is 0 Å². The van der Waals surface area contributed by atoms with Crippen molar-refractivity contribution in [1.29, 1.82) is 0 Å². The summed E-state index contributed by atoms with van der Waals surface area (Å²) in [5, 5.41) is 0. The zero-order chi connectivity index (χ0) is 10.3. The molecule has 0 aliphatic rings. The van der Waals surface area contributed by atoms with E-state index in [1.807, 2.05) is 6.92 Å². The molecule has 0 saturated carbocycles. The van der Waals surface area contributed by atoms with Crippen LogP contribution in [0.5, 0.6) is 0 Å². The lowest BCUT2D eigenvalue weighted by Crippen LogP contribution is -1.92. The summed E-state index contributed by atoms with van der Waals surface area (Å²) < 4.78 is 0. The maximum Gasteiger partial charge on any atom is -0.0256 e. The fraction of sp³-hybridized carbons (Fsp3) is 0.538. The Morgan fingerprint density at radius 2 is 1.85 bits per heavy atom. The van der Waals surface area contributed by atoms with Crippen LogP contribution in [0.2, 0.25) is 0 Å². The van der Waals surface area contributed by atoms with Gasteiger partial charge in [0.15, 0.2) is 0 Å². The Kier molecular flexibility index (Phi) is 6.30. The Bertz CT molecular complexity index is 214. The standard InChI is InChI=1S/C13H22/c1-6-8-9-12(5)13(7-2)10-11(3)4/h6-9,11H,10H2,1-5H3. The normalized spacial score (nSPS) is 14.6. The van der Waals surface area contributed by atoms with Crippen molar-refractivity contribution in [3.63, 3.8) is 0 Å². The van der Waals surface area contributed by atoms with Crippen LogP contribution in [0.4, 0.5) is 0 Å². The molecule has 0 fully saturated rings. The molecule has 0 aromatic carbocycles. The lowest BCUT2D eigenvalue weighted by atomic mass is 9.97. The smallest absolute Gasteiger partial charge is 0.0256 e. The summed E-state index contributed by atoms with van der Waals surface area (Å²) in [6.07, 6.45) is 9.73. The summed E-state index contributed by atoms with van der Waals surface area (Å²) >= 11 is 0. The largest absolute Gasteiger partial charge is 0.0877 e. The minimum absolute atomic E-state index is 0.736. The molecule has 0 spiro atoms. The second kappa shape index (κ2) is 6.71. The van der Waals surface area contributed by atoms with Crippen molar-refractivity contribution in [2.75, 3.05) is 0 Å². The summed E-state index contributed by atoms with van der Waals surface area (Å²) in [7, 11) is 0. The molecule has 0 aliphatic carbocycles. The van der Waals surface area contributed by atoms with Gasteiger partial charge >= 0.3 is 0 Å². The van der Waals surface area contributed by atoms with Crippen molar-refractivity contribution >= 4 is 0 Å². The van der Waals surface area contributed by atoms with E-state index in [4.69, 9.17) is 0 Å². The minimum Gasteiger partial charge on any atom is -0.0877 e. The molecule has 0 aliphatic heterocycles. The molecule has 13 heavy (non-hydrogen) atoms. The van der Waals surface area contributed by atoms with Crippen molar-refractivity contribution in [3.05, 3.63) is 35.5 Å². The van der Waals surface area contributed by atoms with Crippen molar-refractivity contribution in [2.24, 2.45) is 5.92 Å². The van der Waals surface area contributed by atoms with E-state index in [0.29, 0.717) is 0 Å². The van der Waals surface area contributed by atoms with E-state index in [2.05, 4.69) is 52.0 Å². The molecule has 0 radical (unpaired) electrons. The van der Waals surface area contributed by atoms with Crippen LogP contribution in [0.1, 0.15) is 41.0 Å². The predicted molar refractivity (Wildman–Crippen MR) is 61.8 cm³/mol. The molecule has 0 heteroatoms. The third-order valence-electron chi connectivity index (χ3n) is 2.02. The summed E-state index contributed by atoms with van der Waals surface area (Å²) in [6, 6.07) is 0. The number of rotatable bonds is 4. The number of hydrogen-bond acceptors (Lipinski definition) is 0. The quantitative estimate of drug-likeness (QED) is 0.556. The van der Waals surface area contributed by atoms with Gasteiger partial charge in [0.25, 0.3) is 0 Å². The molecule has 74 valence electrons. The molecular formula is C13H22. The fourth-order valence-corrected chi connectivity index (χ4v) is 1.29. The van der Waals surface area contributed by atoms with Gasteiger partial charge in [-0.2, -0.15) is 0 Å². The molecule has 0 unspecified atom stereocenters. The van der Waals surface area contributed by atoms with Gasteiger partial charge in [0, 0.05) is 0 Å². The Morgan fingerprint density at radius 1 is 1.23 bits per heavy atom. The summed E-state index contributed by atoms with van der Waals surface area (Å²) in [5.74, 6) is 0.736. The molecular weight excluding hydrogens is 156 g/mol. The third kappa shape index (κ3) is 5.46. The lowest BCUT2D eigenvalue weighted by Gasteiger charge is -2.09. The second-order valence-corrected chi connectivity index (χ2v) is 3.79. The van der Waals surface area contributed by atoms with Crippen LogP contribution in [-0.2, 0) is 0 Å². The van der Waals surface area contributed by atoms with Crippen LogP contribution in [0, 0.1) is 5.92 Å². The zero-order valence-corrected chi connectivity index (χ0v) is 9.59. The second-order valence-electron chi connectivity index (χ2n) is 3.79. The molecule has 0 N–H and O–H groups in total. The zero-order valence-electron chi connectivity index (χ0n) is 9.59. The highest BCUT2D eigenvalue weighted by atomic mass is 14.1. The van der Waals surface area contributed by atoms with Crippen molar-refractivity contribution in [1.82, 2.24) is 0 Å².